The molecule has 0 spiro atoms. The molecule has 1 rings (SSSR count). The number of rotatable bonds is 5. The van der Waals surface area contributed by atoms with Crippen LogP contribution in [0.2, 0.25) is 0 Å². The average Bonchev–Trinajstić information content (AvgIpc) is 2.36. The first-order valence-electron chi connectivity index (χ1n) is 5.98. The Morgan fingerprint density at radius 1 is 1.22 bits per heavy atom. The van der Waals surface area contributed by atoms with Crippen molar-refractivity contribution in [1.29, 1.82) is 0 Å². The van der Waals surface area contributed by atoms with Crippen molar-refractivity contribution in [3.05, 3.63) is 29.8 Å². The number of carbonyl (C=O) groups is 2. The van der Waals surface area contributed by atoms with E-state index >= 15 is 0 Å². The second kappa shape index (κ2) is 6.64. The van der Waals surface area contributed by atoms with E-state index in [1.54, 1.807) is 18.2 Å². The second-order valence-electron chi connectivity index (χ2n) is 3.96. The summed E-state index contributed by atoms with van der Waals surface area (Å²) >= 11 is 0. The summed E-state index contributed by atoms with van der Waals surface area (Å²) in [7, 11) is 0. The van der Waals surface area contributed by atoms with Gasteiger partial charge in [0.15, 0.2) is 0 Å². The Balaban J connectivity index is 2.73. The summed E-state index contributed by atoms with van der Waals surface area (Å²) in [5.74, 6) is -1.06. The van der Waals surface area contributed by atoms with Crippen molar-refractivity contribution in [2.24, 2.45) is 0 Å². The number of aromatic carboxylic acids is 1. The first kappa shape index (κ1) is 14.0. The molecular weight excluding hydrogens is 232 g/mol. The van der Waals surface area contributed by atoms with Crippen molar-refractivity contribution in [2.75, 3.05) is 5.32 Å². The van der Waals surface area contributed by atoms with Gasteiger partial charge in [-0.3, -0.25) is 0 Å². The number of amides is 2. The van der Waals surface area contributed by atoms with Crippen LogP contribution in [0.4, 0.5) is 10.5 Å². The highest BCUT2D eigenvalue weighted by Gasteiger charge is 2.13. The average molecular weight is 250 g/mol. The molecule has 3 N–H and O–H groups in total. The molecule has 0 aliphatic rings. The maximum absolute atomic E-state index is 11.7. The summed E-state index contributed by atoms with van der Waals surface area (Å²) in [6, 6.07) is 6.04. The van der Waals surface area contributed by atoms with Gasteiger partial charge in [0, 0.05) is 6.04 Å². The molecule has 0 atom stereocenters. The highest BCUT2D eigenvalue weighted by atomic mass is 16.4. The summed E-state index contributed by atoms with van der Waals surface area (Å²) < 4.78 is 0. The number of carboxylic acids is 1. The van der Waals surface area contributed by atoms with Gasteiger partial charge in [-0.1, -0.05) is 26.0 Å². The Kier molecular flexibility index (Phi) is 5.17. The third-order valence-corrected chi connectivity index (χ3v) is 2.73. The Hall–Kier alpha value is -2.04. The molecular formula is C13H18N2O3. The lowest BCUT2D eigenvalue weighted by molar-refractivity contribution is 0.0698. The van der Waals surface area contributed by atoms with Gasteiger partial charge in [0.05, 0.1) is 11.3 Å². The quantitative estimate of drug-likeness (QED) is 0.751. The third-order valence-electron chi connectivity index (χ3n) is 2.73. The summed E-state index contributed by atoms with van der Waals surface area (Å²) in [5, 5.41) is 14.3. The van der Waals surface area contributed by atoms with Gasteiger partial charge >= 0.3 is 12.0 Å². The van der Waals surface area contributed by atoms with Crippen LogP contribution in [0.25, 0.3) is 0 Å². The van der Waals surface area contributed by atoms with E-state index < -0.39 is 5.97 Å². The molecule has 0 bridgehead atoms. The Bertz CT molecular complexity index is 428. The van der Waals surface area contributed by atoms with Crippen LogP contribution in [0, 0.1) is 0 Å². The standard InChI is InChI=1S/C13H18N2O3/c1-3-9(4-2)14-13(18)15-11-8-6-5-7-10(11)12(16)17/h5-9H,3-4H2,1-2H3,(H,16,17)(H2,14,15,18). The second-order valence-corrected chi connectivity index (χ2v) is 3.96. The highest BCUT2D eigenvalue weighted by Crippen LogP contribution is 2.14. The van der Waals surface area contributed by atoms with Crippen LogP contribution in [-0.2, 0) is 0 Å². The molecule has 18 heavy (non-hydrogen) atoms. The number of urea groups is 1. The first-order valence-corrected chi connectivity index (χ1v) is 5.98. The molecule has 0 unspecified atom stereocenters. The molecule has 0 fully saturated rings. The van der Waals surface area contributed by atoms with Crippen molar-refractivity contribution < 1.29 is 14.7 Å². The molecule has 0 aliphatic heterocycles. The van der Waals surface area contributed by atoms with Crippen LogP contribution in [0.1, 0.15) is 37.0 Å². The van der Waals surface area contributed by atoms with Gasteiger partial charge in [-0.25, -0.2) is 9.59 Å². The number of hydrogen-bond donors (Lipinski definition) is 3. The molecule has 5 nitrogen and oxygen atoms in total. The van der Waals surface area contributed by atoms with E-state index in [0.29, 0.717) is 5.69 Å². The zero-order valence-electron chi connectivity index (χ0n) is 10.6. The SMILES string of the molecule is CCC(CC)NC(=O)Nc1ccccc1C(=O)O. The predicted molar refractivity (Wildman–Crippen MR) is 69.9 cm³/mol. The summed E-state index contributed by atoms with van der Waals surface area (Å²) in [6.07, 6.45) is 1.68. The van der Waals surface area contributed by atoms with Crippen molar-refractivity contribution in [1.82, 2.24) is 5.32 Å². The van der Waals surface area contributed by atoms with Crippen LogP contribution < -0.4 is 10.6 Å². The minimum Gasteiger partial charge on any atom is -0.478 e. The number of hydrogen-bond acceptors (Lipinski definition) is 2. The lowest BCUT2D eigenvalue weighted by Crippen LogP contribution is -2.37. The zero-order valence-corrected chi connectivity index (χ0v) is 10.6. The van der Waals surface area contributed by atoms with Crippen LogP contribution in [0.5, 0.6) is 0 Å². The van der Waals surface area contributed by atoms with Gasteiger partial charge in [-0.05, 0) is 25.0 Å². The summed E-state index contributed by atoms with van der Waals surface area (Å²) in [4.78, 5) is 22.7. The van der Waals surface area contributed by atoms with E-state index in [4.69, 9.17) is 5.11 Å². The topological polar surface area (TPSA) is 78.4 Å². The fraction of sp³-hybridized carbons (Fsp3) is 0.385. The van der Waals surface area contributed by atoms with Crippen molar-refractivity contribution >= 4 is 17.7 Å². The lowest BCUT2D eigenvalue weighted by atomic mass is 10.1. The fourth-order valence-electron chi connectivity index (χ4n) is 1.62. The number of benzene rings is 1. The lowest BCUT2D eigenvalue weighted by Gasteiger charge is -2.16. The van der Waals surface area contributed by atoms with Crippen LogP contribution in [-0.4, -0.2) is 23.1 Å². The monoisotopic (exact) mass is 250 g/mol. The molecule has 0 aromatic heterocycles. The molecule has 1 aromatic rings. The Morgan fingerprint density at radius 3 is 2.39 bits per heavy atom. The zero-order chi connectivity index (χ0) is 13.5. The molecule has 1 aromatic carbocycles. The Morgan fingerprint density at radius 2 is 1.83 bits per heavy atom. The number of carbonyl (C=O) groups excluding carboxylic acids is 1. The normalized spacial score (nSPS) is 10.2. The molecule has 5 heteroatoms. The first-order chi connectivity index (χ1) is 8.58. The molecule has 0 saturated heterocycles. The van der Waals surface area contributed by atoms with Crippen molar-refractivity contribution in [2.45, 2.75) is 32.7 Å². The number of para-hydroxylation sites is 1. The minimum absolute atomic E-state index is 0.0807. The Labute approximate surface area is 106 Å². The molecule has 0 radical (unpaired) electrons. The van der Waals surface area contributed by atoms with Crippen molar-refractivity contribution in [3.63, 3.8) is 0 Å². The van der Waals surface area contributed by atoms with Gasteiger partial charge in [0.25, 0.3) is 0 Å². The van der Waals surface area contributed by atoms with Gasteiger partial charge < -0.3 is 15.7 Å². The van der Waals surface area contributed by atoms with Crippen LogP contribution in [0.3, 0.4) is 0 Å². The van der Waals surface area contributed by atoms with E-state index in [1.807, 2.05) is 13.8 Å². The van der Waals surface area contributed by atoms with Gasteiger partial charge in [0.2, 0.25) is 0 Å². The van der Waals surface area contributed by atoms with Gasteiger partial charge in [-0.2, -0.15) is 0 Å². The molecule has 2 amide bonds. The fourth-order valence-corrected chi connectivity index (χ4v) is 1.62. The van der Waals surface area contributed by atoms with Crippen LogP contribution >= 0.6 is 0 Å². The highest BCUT2D eigenvalue weighted by molar-refractivity contribution is 5.99. The van der Waals surface area contributed by atoms with E-state index in [2.05, 4.69) is 10.6 Å². The smallest absolute Gasteiger partial charge is 0.337 e. The molecule has 98 valence electrons. The predicted octanol–water partition coefficient (Wildman–Crippen LogP) is 2.69. The van der Waals surface area contributed by atoms with E-state index in [0.717, 1.165) is 12.8 Å². The number of carboxylic acid groups (broad SMARTS) is 1. The molecule has 0 heterocycles. The number of nitrogens with one attached hydrogen (secondary N) is 2. The van der Waals surface area contributed by atoms with Gasteiger partial charge in [0.1, 0.15) is 0 Å². The largest absolute Gasteiger partial charge is 0.478 e. The number of anilines is 1. The minimum atomic E-state index is -1.06. The van der Waals surface area contributed by atoms with Crippen molar-refractivity contribution in [3.8, 4) is 0 Å². The maximum atomic E-state index is 11.7. The third kappa shape index (κ3) is 3.76. The van der Waals surface area contributed by atoms with E-state index in [9.17, 15) is 9.59 Å². The van der Waals surface area contributed by atoms with Gasteiger partial charge in [-0.15, -0.1) is 0 Å². The summed E-state index contributed by atoms with van der Waals surface area (Å²) in [6.45, 7) is 3.97. The molecule has 0 aliphatic carbocycles. The summed E-state index contributed by atoms with van der Waals surface area (Å²) in [5.41, 5.74) is 0.380. The maximum Gasteiger partial charge on any atom is 0.337 e. The van der Waals surface area contributed by atoms with Crippen LogP contribution in [0.15, 0.2) is 24.3 Å². The van der Waals surface area contributed by atoms with E-state index in [-0.39, 0.29) is 17.6 Å². The van der Waals surface area contributed by atoms with E-state index in [1.165, 1.54) is 6.07 Å². The molecule has 0 saturated carbocycles.